The van der Waals surface area contributed by atoms with Gasteiger partial charge >= 0.3 is 0 Å². The molecule has 98 valence electrons. The molecule has 0 aliphatic heterocycles. The Kier molecular flexibility index (Phi) is 3.90. The zero-order chi connectivity index (χ0) is 13.8. The predicted molar refractivity (Wildman–Crippen MR) is 74.0 cm³/mol. The highest BCUT2D eigenvalue weighted by Crippen LogP contribution is 2.16. The molecule has 4 heteroatoms. The van der Waals surface area contributed by atoms with Crippen molar-refractivity contribution >= 4 is 22.6 Å². The number of carbonyl (C=O) groups excluding carboxylic acids is 2. The Bertz CT molecular complexity index is 617. The molecule has 2 aromatic rings. The first-order valence-electron chi connectivity index (χ1n) is 6.30. The Labute approximate surface area is 111 Å². The summed E-state index contributed by atoms with van der Waals surface area (Å²) in [6.07, 6.45) is 2.10. The van der Waals surface area contributed by atoms with Crippen molar-refractivity contribution in [3.8, 4) is 0 Å². The average Bonchev–Trinajstić information content (AvgIpc) is 2.45. The predicted octanol–water partition coefficient (Wildman–Crippen LogP) is 2.33. The minimum Gasteiger partial charge on any atom is -0.342 e. The van der Waals surface area contributed by atoms with E-state index in [0.29, 0.717) is 12.0 Å². The molecule has 2 rings (SSSR count). The van der Waals surface area contributed by atoms with Crippen LogP contribution in [0.5, 0.6) is 0 Å². The largest absolute Gasteiger partial charge is 0.342 e. The lowest BCUT2D eigenvalue weighted by Crippen LogP contribution is -2.38. The van der Waals surface area contributed by atoms with Crippen LogP contribution in [0.15, 0.2) is 36.5 Å². The second kappa shape index (κ2) is 5.61. The summed E-state index contributed by atoms with van der Waals surface area (Å²) >= 11 is 0. The second-order valence-corrected chi connectivity index (χ2v) is 4.39. The van der Waals surface area contributed by atoms with Crippen LogP contribution in [0.1, 0.15) is 30.6 Å². The fraction of sp³-hybridized carbons (Fsp3) is 0.267. The van der Waals surface area contributed by atoms with Gasteiger partial charge in [0.1, 0.15) is 0 Å². The van der Waals surface area contributed by atoms with Crippen molar-refractivity contribution in [1.29, 1.82) is 0 Å². The average molecular weight is 256 g/mol. The molecule has 1 aromatic carbocycles. The summed E-state index contributed by atoms with van der Waals surface area (Å²) in [5, 5.41) is 3.51. The summed E-state index contributed by atoms with van der Waals surface area (Å²) in [5.74, 6) is -0.223. The van der Waals surface area contributed by atoms with Crippen LogP contribution in [0.4, 0.5) is 0 Å². The summed E-state index contributed by atoms with van der Waals surface area (Å²) in [6.45, 7) is 3.49. The quantitative estimate of drug-likeness (QED) is 0.913. The summed E-state index contributed by atoms with van der Waals surface area (Å²) < 4.78 is 0. The first-order chi connectivity index (χ1) is 9.13. The van der Waals surface area contributed by atoms with Crippen molar-refractivity contribution in [3.05, 3.63) is 42.1 Å². The van der Waals surface area contributed by atoms with E-state index in [9.17, 15) is 9.59 Å². The highest BCUT2D eigenvalue weighted by Gasteiger charge is 2.16. The second-order valence-electron chi connectivity index (χ2n) is 4.39. The van der Waals surface area contributed by atoms with Gasteiger partial charge in [0.05, 0.1) is 11.6 Å². The molecule has 1 heterocycles. The van der Waals surface area contributed by atoms with Gasteiger partial charge in [-0.05, 0) is 25.1 Å². The highest BCUT2D eigenvalue weighted by molar-refractivity contribution is 6.07. The van der Waals surface area contributed by atoms with E-state index in [0.717, 1.165) is 10.9 Å². The van der Waals surface area contributed by atoms with Gasteiger partial charge in [-0.25, -0.2) is 0 Å². The molecule has 0 aliphatic carbocycles. The van der Waals surface area contributed by atoms with Crippen molar-refractivity contribution in [1.82, 2.24) is 10.3 Å². The number of hydrogen-bond acceptors (Lipinski definition) is 3. The van der Waals surface area contributed by atoms with E-state index in [-0.39, 0.29) is 11.7 Å². The van der Waals surface area contributed by atoms with Gasteiger partial charge in [-0.3, -0.25) is 14.6 Å². The Hall–Kier alpha value is -2.23. The van der Waals surface area contributed by atoms with Crippen LogP contribution < -0.4 is 5.32 Å². The van der Waals surface area contributed by atoms with E-state index >= 15 is 0 Å². The number of carbonyl (C=O) groups is 2. The molecule has 0 bridgehead atoms. The van der Waals surface area contributed by atoms with Crippen LogP contribution in [-0.4, -0.2) is 22.7 Å². The van der Waals surface area contributed by atoms with Gasteiger partial charge in [0, 0.05) is 23.6 Å². The molecule has 1 N–H and O–H groups in total. The molecule has 0 spiro atoms. The number of hydrogen-bond donors (Lipinski definition) is 1. The molecule has 0 radical (unpaired) electrons. The number of rotatable bonds is 4. The maximum absolute atomic E-state index is 12.2. The molecule has 0 saturated heterocycles. The number of ketones is 1. The van der Waals surface area contributed by atoms with E-state index < -0.39 is 6.04 Å². The van der Waals surface area contributed by atoms with E-state index in [1.165, 1.54) is 0 Å². The monoisotopic (exact) mass is 256 g/mol. The van der Waals surface area contributed by atoms with Crippen LogP contribution in [0, 0.1) is 0 Å². The number of pyridine rings is 1. The van der Waals surface area contributed by atoms with E-state index in [1.54, 1.807) is 38.2 Å². The van der Waals surface area contributed by atoms with Crippen molar-refractivity contribution in [2.45, 2.75) is 26.3 Å². The van der Waals surface area contributed by atoms with Gasteiger partial charge in [-0.1, -0.05) is 19.1 Å². The molecule has 0 fully saturated rings. The van der Waals surface area contributed by atoms with Gasteiger partial charge in [0.25, 0.3) is 5.91 Å². The molecule has 0 aliphatic rings. The van der Waals surface area contributed by atoms with Crippen LogP contribution in [0.2, 0.25) is 0 Å². The zero-order valence-corrected chi connectivity index (χ0v) is 11.0. The minimum absolute atomic E-state index is 0.0201. The van der Waals surface area contributed by atoms with Gasteiger partial charge in [-0.15, -0.1) is 0 Å². The lowest BCUT2D eigenvalue weighted by atomic mass is 10.1. The summed E-state index contributed by atoms with van der Waals surface area (Å²) in [6, 6.07) is 8.55. The third-order valence-corrected chi connectivity index (χ3v) is 3.07. The van der Waals surface area contributed by atoms with Gasteiger partial charge in [0.2, 0.25) is 0 Å². The first kappa shape index (κ1) is 13.2. The van der Waals surface area contributed by atoms with Crippen molar-refractivity contribution < 1.29 is 9.59 Å². The van der Waals surface area contributed by atoms with Crippen LogP contribution in [-0.2, 0) is 4.79 Å². The molecule has 19 heavy (non-hydrogen) atoms. The fourth-order valence-corrected chi connectivity index (χ4v) is 1.96. The maximum atomic E-state index is 12.2. The number of Topliss-reactive ketones (excluding diaryl/α,β-unsaturated/α-hetero) is 1. The lowest BCUT2D eigenvalue weighted by molar-refractivity contribution is -0.120. The van der Waals surface area contributed by atoms with Crippen molar-refractivity contribution in [2.75, 3.05) is 0 Å². The third kappa shape index (κ3) is 2.78. The highest BCUT2D eigenvalue weighted by atomic mass is 16.2. The zero-order valence-electron chi connectivity index (χ0n) is 11.0. The van der Waals surface area contributed by atoms with Crippen molar-refractivity contribution in [3.63, 3.8) is 0 Å². The number of benzene rings is 1. The number of nitrogens with zero attached hydrogens (tertiary/aromatic N) is 1. The van der Waals surface area contributed by atoms with E-state index in [2.05, 4.69) is 10.3 Å². The Morgan fingerprint density at radius 1 is 1.26 bits per heavy atom. The Morgan fingerprint density at radius 2 is 2.05 bits per heavy atom. The maximum Gasteiger partial charge on any atom is 0.252 e. The van der Waals surface area contributed by atoms with Crippen molar-refractivity contribution in [2.24, 2.45) is 0 Å². The lowest BCUT2D eigenvalue weighted by Gasteiger charge is -2.12. The van der Waals surface area contributed by atoms with Crippen LogP contribution in [0.3, 0.4) is 0 Å². The molecule has 0 saturated carbocycles. The summed E-state index contributed by atoms with van der Waals surface area (Å²) in [4.78, 5) is 27.9. The number of amides is 1. The molecule has 1 atom stereocenters. The smallest absolute Gasteiger partial charge is 0.252 e. The summed E-state index contributed by atoms with van der Waals surface area (Å²) in [5.41, 5.74) is 1.31. The minimum atomic E-state index is -0.468. The molecular formula is C15H16N2O2. The molecule has 1 unspecified atom stereocenters. The molecule has 1 aromatic heterocycles. The standard InChI is InChI=1S/C15H16N2O2/c1-3-14(18)10(2)17-15(19)12-6-4-8-13-11(12)7-5-9-16-13/h4-10H,3H2,1-2H3,(H,17,19). The van der Waals surface area contributed by atoms with E-state index in [4.69, 9.17) is 0 Å². The third-order valence-electron chi connectivity index (χ3n) is 3.07. The van der Waals surface area contributed by atoms with E-state index in [1.807, 2.05) is 12.1 Å². The van der Waals surface area contributed by atoms with Crippen LogP contribution in [0.25, 0.3) is 10.9 Å². The SMILES string of the molecule is CCC(=O)C(C)NC(=O)c1cccc2ncccc12. The number of aromatic nitrogens is 1. The van der Waals surface area contributed by atoms with Gasteiger partial charge in [-0.2, -0.15) is 0 Å². The molecule has 4 nitrogen and oxygen atoms in total. The Morgan fingerprint density at radius 3 is 2.79 bits per heavy atom. The number of nitrogens with one attached hydrogen (secondary N) is 1. The fourth-order valence-electron chi connectivity index (χ4n) is 1.96. The first-order valence-corrected chi connectivity index (χ1v) is 6.30. The molecule has 1 amide bonds. The topological polar surface area (TPSA) is 59.1 Å². The normalized spacial score (nSPS) is 12.1. The van der Waals surface area contributed by atoms with Crippen LogP contribution >= 0.6 is 0 Å². The summed E-state index contributed by atoms with van der Waals surface area (Å²) in [7, 11) is 0. The Balaban J connectivity index is 2.29. The number of fused-ring (bicyclic) bond motifs is 1. The molecular weight excluding hydrogens is 240 g/mol. The van der Waals surface area contributed by atoms with Gasteiger partial charge < -0.3 is 5.32 Å². The van der Waals surface area contributed by atoms with Gasteiger partial charge in [0.15, 0.2) is 5.78 Å².